The quantitative estimate of drug-likeness (QED) is 0.866. The fourth-order valence-electron chi connectivity index (χ4n) is 1.45. The lowest BCUT2D eigenvalue weighted by atomic mass is 10.2. The number of aromatic nitrogens is 2. The van der Waals surface area contributed by atoms with Crippen LogP contribution in [0.15, 0.2) is 27.9 Å². The van der Waals surface area contributed by atoms with Crippen LogP contribution in [0.2, 0.25) is 5.02 Å². The van der Waals surface area contributed by atoms with Crippen LogP contribution in [-0.4, -0.2) is 24.8 Å². The molecule has 0 saturated carbocycles. The molecule has 0 spiro atoms. The van der Waals surface area contributed by atoms with Crippen molar-refractivity contribution < 1.29 is 12.9 Å². The van der Waals surface area contributed by atoms with E-state index in [1.807, 2.05) is 6.92 Å². The molecular formula is C11H11ClN2O3S. The number of aryl methyl sites for hydroxylation is 1. The smallest absolute Gasteiger partial charge is 0.194 e. The van der Waals surface area contributed by atoms with Crippen molar-refractivity contribution in [2.24, 2.45) is 0 Å². The molecule has 5 nitrogen and oxygen atoms in total. The first kappa shape index (κ1) is 13.0. The summed E-state index contributed by atoms with van der Waals surface area (Å²) in [7, 11) is -3.42. The molecule has 18 heavy (non-hydrogen) atoms. The highest BCUT2D eigenvalue weighted by Crippen LogP contribution is 2.26. The van der Waals surface area contributed by atoms with Crippen molar-refractivity contribution >= 4 is 21.4 Å². The minimum absolute atomic E-state index is 0.0736. The van der Waals surface area contributed by atoms with Gasteiger partial charge in [0.25, 0.3) is 0 Å². The molecule has 2 aromatic rings. The molecule has 7 heteroatoms. The van der Waals surface area contributed by atoms with Crippen molar-refractivity contribution in [2.75, 3.05) is 6.26 Å². The summed E-state index contributed by atoms with van der Waals surface area (Å²) in [5, 5.41) is 3.79. The Balaban J connectivity index is 2.46. The second-order valence-corrected chi connectivity index (χ2v) is 6.16. The van der Waals surface area contributed by atoms with Gasteiger partial charge >= 0.3 is 0 Å². The van der Waals surface area contributed by atoms with Gasteiger partial charge in [-0.25, -0.2) is 13.4 Å². The van der Waals surface area contributed by atoms with Gasteiger partial charge in [0.2, 0.25) is 0 Å². The van der Waals surface area contributed by atoms with Gasteiger partial charge in [-0.2, -0.15) is 0 Å². The Morgan fingerprint density at radius 2 is 2.11 bits per heavy atom. The van der Waals surface area contributed by atoms with Crippen LogP contribution < -0.4 is 0 Å². The largest absolute Gasteiger partial charge is 0.356 e. The summed E-state index contributed by atoms with van der Waals surface area (Å²) in [6.45, 7) is 1.96. The molecule has 0 fully saturated rings. The Labute approximate surface area is 110 Å². The van der Waals surface area contributed by atoms with Crippen molar-refractivity contribution in [3.05, 3.63) is 29.0 Å². The molecule has 0 N–H and O–H groups in total. The minimum Gasteiger partial charge on any atom is -0.356 e. The van der Waals surface area contributed by atoms with Gasteiger partial charge in [-0.3, -0.25) is 0 Å². The van der Waals surface area contributed by atoms with Gasteiger partial charge in [0.15, 0.2) is 20.6 Å². The van der Waals surface area contributed by atoms with Crippen molar-refractivity contribution in [3.8, 4) is 11.3 Å². The first-order valence-corrected chi connectivity index (χ1v) is 7.50. The molecule has 2 heterocycles. The maximum atomic E-state index is 11.4. The number of hydrogen-bond acceptors (Lipinski definition) is 5. The van der Waals surface area contributed by atoms with E-state index in [-0.39, 0.29) is 10.0 Å². The Hall–Kier alpha value is -1.40. The highest BCUT2D eigenvalue weighted by atomic mass is 35.5. The van der Waals surface area contributed by atoms with E-state index >= 15 is 0 Å². The molecule has 0 unspecified atom stereocenters. The van der Waals surface area contributed by atoms with E-state index in [9.17, 15) is 8.42 Å². The predicted molar refractivity (Wildman–Crippen MR) is 67.2 cm³/mol. The van der Waals surface area contributed by atoms with E-state index in [2.05, 4.69) is 10.1 Å². The van der Waals surface area contributed by atoms with Crippen LogP contribution in [0.4, 0.5) is 0 Å². The van der Waals surface area contributed by atoms with E-state index in [1.165, 1.54) is 12.3 Å². The van der Waals surface area contributed by atoms with E-state index in [0.717, 1.165) is 18.4 Å². The number of sulfone groups is 1. The maximum Gasteiger partial charge on any atom is 0.194 e. The van der Waals surface area contributed by atoms with Gasteiger partial charge in [-0.05, 0) is 12.5 Å². The van der Waals surface area contributed by atoms with E-state index in [1.54, 1.807) is 6.07 Å². The molecule has 0 aromatic carbocycles. The van der Waals surface area contributed by atoms with Crippen LogP contribution in [0.5, 0.6) is 0 Å². The zero-order chi connectivity index (χ0) is 13.3. The Morgan fingerprint density at radius 3 is 2.61 bits per heavy atom. The maximum absolute atomic E-state index is 11.4. The zero-order valence-corrected chi connectivity index (χ0v) is 11.4. The predicted octanol–water partition coefficient (Wildman–Crippen LogP) is 2.36. The van der Waals surface area contributed by atoms with Gasteiger partial charge < -0.3 is 4.52 Å². The first-order chi connectivity index (χ1) is 8.41. The fraction of sp³-hybridized carbons (Fsp3) is 0.273. The molecule has 0 bridgehead atoms. The van der Waals surface area contributed by atoms with Crippen LogP contribution in [0.3, 0.4) is 0 Å². The van der Waals surface area contributed by atoms with Crippen LogP contribution >= 0.6 is 11.6 Å². The second kappa shape index (κ2) is 4.70. The van der Waals surface area contributed by atoms with E-state index in [4.69, 9.17) is 16.1 Å². The molecule has 96 valence electrons. The molecule has 0 radical (unpaired) electrons. The Bertz CT molecular complexity index is 679. The van der Waals surface area contributed by atoms with Gasteiger partial charge in [0, 0.05) is 24.1 Å². The summed E-state index contributed by atoms with van der Waals surface area (Å²) in [6.07, 6.45) is 3.22. The van der Waals surface area contributed by atoms with Crippen molar-refractivity contribution in [3.63, 3.8) is 0 Å². The SMILES string of the molecule is CCc1cc(-c2cnc(S(C)(=O)=O)c(Cl)c2)on1. The molecule has 0 amide bonds. The van der Waals surface area contributed by atoms with Gasteiger partial charge in [0.1, 0.15) is 0 Å². The average Bonchev–Trinajstić information content (AvgIpc) is 2.75. The normalized spacial score (nSPS) is 11.7. The number of hydrogen-bond donors (Lipinski definition) is 0. The lowest BCUT2D eigenvalue weighted by Crippen LogP contribution is -2.01. The summed E-state index contributed by atoms with van der Waals surface area (Å²) in [5.41, 5.74) is 1.41. The number of nitrogens with zero attached hydrogens (tertiary/aromatic N) is 2. The van der Waals surface area contributed by atoms with Gasteiger partial charge in [-0.1, -0.05) is 23.7 Å². The fourth-order valence-corrected chi connectivity index (χ4v) is 2.69. The average molecular weight is 287 g/mol. The lowest BCUT2D eigenvalue weighted by Gasteiger charge is -2.01. The third-order valence-corrected chi connectivity index (χ3v) is 3.79. The summed E-state index contributed by atoms with van der Waals surface area (Å²) in [4.78, 5) is 3.85. The number of rotatable bonds is 3. The molecule has 2 rings (SSSR count). The van der Waals surface area contributed by atoms with Gasteiger partial charge in [0.05, 0.1) is 10.7 Å². The minimum atomic E-state index is -3.42. The Kier molecular flexibility index (Phi) is 3.41. The standard InChI is InChI=1S/C11H11ClN2O3S/c1-3-8-5-10(17-14-8)7-4-9(12)11(13-6-7)18(2,15)16/h4-6H,3H2,1-2H3. The first-order valence-electron chi connectivity index (χ1n) is 5.23. The van der Waals surface area contributed by atoms with Crippen LogP contribution in [-0.2, 0) is 16.3 Å². The molecule has 2 aromatic heterocycles. The topological polar surface area (TPSA) is 73.1 Å². The molecule has 0 atom stereocenters. The van der Waals surface area contributed by atoms with Crippen molar-refractivity contribution in [2.45, 2.75) is 18.4 Å². The van der Waals surface area contributed by atoms with E-state index in [0.29, 0.717) is 11.3 Å². The molecule has 0 aliphatic heterocycles. The highest BCUT2D eigenvalue weighted by molar-refractivity contribution is 7.90. The van der Waals surface area contributed by atoms with Crippen LogP contribution in [0.25, 0.3) is 11.3 Å². The number of halogens is 1. The molecule has 0 aliphatic rings. The summed E-state index contributed by atoms with van der Waals surface area (Å²) < 4.78 is 27.9. The zero-order valence-electron chi connectivity index (χ0n) is 9.84. The van der Waals surface area contributed by atoms with Crippen molar-refractivity contribution in [1.82, 2.24) is 10.1 Å². The van der Waals surface area contributed by atoms with Crippen molar-refractivity contribution in [1.29, 1.82) is 0 Å². The lowest BCUT2D eigenvalue weighted by molar-refractivity contribution is 0.424. The van der Waals surface area contributed by atoms with Crippen LogP contribution in [0.1, 0.15) is 12.6 Å². The third-order valence-electron chi connectivity index (χ3n) is 2.36. The second-order valence-electron chi connectivity index (χ2n) is 3.82. The molecular weight excluding hydrogens is 276 g/mol. The van der Waals surface area contributed by atoms with Crippen LogP contribution in [0, 0.1) is 0 Å². The third kappa shape index (κ3) is 2.54. The van der Waals surface area contributed by atoms with E-state index < -0.39 is 9.84 Å². The summed E-state index contributed by atoms with van der Waals surface area (Å²) in [5.74, 6) is 0.515. The molecule has 0 saturated heterocycles. The summed E-state index contributed by atoms with van der Waals surface area (Å²) in [6, 6.07) is 3.28. The van der Waals surface area contributed by atoms with Gasteiger partial charge in [-0.15, -0.1) is 0 Å². The Morgan fingerprint density at radius 1 is 1.39 bits per heavy atom. The highest BCUT2D eigenvalue weighted by Gasteiger charge is 2.16. The summed E-state index contributed by atoms with van der Waals surface area (Å²) >= 11 is 5.90. The number of pyridine rings is 1. The molecule has 0 aliphatic carbocycles. The monoisotopic (exact) mass is 286 g/mol.